The Labute approximate surface area is 256 Å². The van der Waals surface area contributed by atoms with Crippen LogP contribution in [0.3, 0.4) is 0 Å². The summed E-state index contributed by atoms with van der Waals surface area (Å²) in [5.74, 6) is -0.324. The van der Waals surface area contributed by atoms with Gasteiger partial charge in [-0.1, -0.05) is 48.5 Å². The third-order valence-corrected chi connectivity index (χ3v) is 8.62. The summed E-state index contributed by atoms with van der Waals surface area (Å²) in [6, 6.07) is 27.1. The molecule has 0 saturated carbocycles. The van der Waals surface area contributed by atoms with Crippen LogP contribution in [0.15, 0.2) is 91.0 Å². The van der Waals surface area contributed by atoms with Crippen molar-refractivity contribution in [2.75, 3.05) is 19.7 Å². The van der Waals surface area contributed by atoms with Gasteiger partial charge in [-0.15, -0.1) is 0 Å². The third-order valence-electron chi connectivity index (χ3n) is 8.62. The summed E-state index contributed by atoms with van der Waals surface area (Å²) in [5, 5.41) is 9.11. The molecule has 0 aliphatic carbocycles. The Bertz CT molecular complexity index is 1630. The Morgan fingerprint density at radius 1 is 0.818 bits per heavy atom. The van der Waals surface area contributed by atoms with Crippen LogP contribution < -0.4 is 0 Å². The lowest BCUT2D eigenvalue weighted by molar-refractivity contribution is -0.137. The molecular formula is C37H36F4N2O. The molecule has 1 fully saturated rings. The van der Waals surface area contributed by atoms with Crippen molar-refractivity contribution in [1.82, 2.24) is 4.90 Å². The number of nitrogens with zero attached hydrogens (tertiary/aromatic N) is 2. The van der Waals surface area contributed by atoms with Crippen molar-refractivity contribution < 1.29 is 22.3 Å². The van der Waals surface area contributed by atoms with Gasteiger partial charge in [-0.3, -0.25) is 4.90 Å². The number of benzene rings is 4. The van der Waals surface area contributed by atoms with Gasteiger partial charge in [0.1, 0.15) is 5.82 Å². The van der Waals surface area contributed by atoms with Gasteiger partial charge in [0.05, 0.1) is 30.4 Å². The molecule has 5 rings (SSSR count). The van der Waals surface area contributed by atoms with E-state index in [1.54, 1.807) is 36.4 Å². The molecule has 0 atom stereocenters. The van der Waals surface area contributed by atoms with E-state index in [-0.39, 0.29) is 24.6 Å². The molecule has 0 N–H and O–H groups in total. The Morgan fingerprint density at radius 2 is 1.50 bits per heavy atom. The zero-order chi connectivity index (χ0) is 31.5. The minimum absolute atomic E-state index is 0.0141. The molecule has 228 valence electrons. The molecule has 4 aromatic carbocycles. The maximum absolute atomic E-state index is 14.6. The average molecular weight is 601 g/mol. The smallest absolute Gasteiger partial charge is 0.376 e. The van der Waals surface area contributed by atoms with E-state index in [1.165, 1.54) is 6.07 Å². The molecule has 7 heteroatoms. The van der Waals surface area contributed by atoms with E-state index in [0.717, 1.165) is 54.8 Å². The number of hydrogen-bond acceptors (Lipinski definition) is 3. The first-order valence-corrected chi connectivity index (χ1v) is 14.8. The Kier molecular flexibility index (Phi) is 8.97. The highest BCUT2D eigenvalue weighted by Gasteiger charge is 2.40. The first kappa shape index (κ1) is 31.4. The van der Waals surface area contributed by atoms with Crippen LogP contribution in [0.4, 0.5) is 17.6 Å². The second-order valence-corrected chi connectivity index (χ2v) is 12.6. The van der Waals surface area contributed by atoms with E-state index in [0.29, 0.717) is 22.3 Å². The fourth-order valence-electron chi connectivity index (χ4n) is 6.14. The summed E-state index contributed by atoms with van der Waals surface area (Å²) in [4.78, 5) is 2.42. The van der Waals surface area contributed by atoms with Crippen molar-refractivity contribution in [3.05, 3.63) is 119 Å². The van der Waals surface area contributed by atoms with Crippen molar-refractivity contribution in [2.24, 2.45) is 0 Å². The number of halogens is 4. The summed E-state index contributed by atoms with van der Waals surface area (Å²) in [6.45, 7) is 8.43. The third kappa shape index (κ3) is 7.04. The van der Waals surface area contributed by atoms with Crippen LogP contribution in [0.2, 0.25) is 0 Å². The molecule has 0 bridgehead atoms. The first-order valence-electron chi connectivity index (χ1n) is 14.8. The van der Waals surface area contributed by atoms with Gasteiger partial charge in [-0.05, 0) is 123 Å². The highest BCUT2D eigenvalue weighted by Crippen LogP contribution is 2.43. The average Bonchev–Trinajstić information content (AvgIpc) is 3.00. The Balaban J connectivity index is 1.47. The molecule has 4 aromatic rings. The van der Waals surface area contributed by atoms with E-state index < -0.39 is 17.2 Å². The minimum Gasteiger partial charge on any atom is -0.376 e. The van der Waals surface area contributed by atoms with Gasteiger partial charge < -0.3 is 4.74 Å². The number of nitriles is 1. The van der Waals surface area contributed by atoms with Gasteiger partial charge in [-0.25, -0.2) is 4.39 Å². The van der Waals surface area contributed by atoms with Gasteiger partial charge in [0.15, 0.2) is 0 Å². The van der Waals surface area contributed by atoms with E-state index in [2.05, 4.69) is 25.7 Å². The molecule has 0 spiro atoms. The van der Waals surface area contributed by atoms with E-state index in [4.69, 9.17) is 10.00 Å². The Morgan fingerprint density at radius 3 is 2.11 bits per heavy atom. The van der Waals surface area contributed by atoms with Crippen molar-refractivity contribution in [3.8, 4) is 28.3 Å². The van der Waals surface area contributed by atoms with Crippen LogP contribution in [-0.4, -0.2) is 30.1 Å². The molecule has 44 heavy (non-hydrogen) atoms. The molecule has 0 unspecified atom stereocenters. The molecule has 1 aliphatic heterocycles. The molecule has 0 radical (unpaired) electrons. The number of piperidine rings is 1. The molecule has 1 heterocycles. The quantitative estimate of drug-likeness (QED) is 0.198. The fraction of sp³-hybridized carbons (Fsp3) is 0.324. The van der Waals surface area contributed by atoms with Crippen LogP contribution in [-0.2, 0) is 22.9 Å². The largest absolute Gasteiger partial charge is 0.416 e. The second kappa shape index (κ2) is 12.6. The van der Waals surface area contributed by atoms with Crippen LogP contribution in [0.25, 0.3) is 22.3 Å². The second-order valence-electron chi connectivity index (χ2n) is 12.6. The number of alkyl halides is 3. The highest BCUT2D eigenvalue weighted by atomic mass is 19.4. The van der Waals surface area contributed by atoms with Gasteiger partial charge in [-0.2, -0.15) is 18.4 Å². The zero-order valence-electron chi connectivity index (χ0n) is 25.2. The molecule has 3 nitrogen and oxygen atoms in total. The molecule has 0 aromatic heterocycles. The number of rotatable bonds is 7. The van der Waals surface area contributed by atoms with Crippen LogP contribution >= 0.6 is 0 Å². The summed E-state index contributed by atoms with van der Waals surface area (Å²) >= 11 is 0. The van der Waals surface area contributed by atoms with Crippen molar-refractivity contribution in [1.29, 1.82) is 5.26 Å². The fourth-order valence-corrected chi connectivity index (χ4v) is 6.14. The van der Waals surface area contributed by atoms with Gasteiger partial charge in [0, 0.05) is 11.0 Å². The van der Waals surface area contributed by atoms with Gasteiger partial charge in [0.25, 0.3) is 0 Å². The van der Waals surface area contributed by atoms with E-state index in [1.807, 2.05) is 42.5 Å². The lowest BCUT2D eigenvalue weighted by atomic mass is 9.70. The summed E-state index contributed by atoms with van der Waals surface area (Å²) in [7, 11) is 0. The predicted molar refractivity (Wildman–Crippen MR) is 165 cm³/mol. The van der Waals surface area contributed by atoms with E-state index >= 15 is 0 Å². The molecule has 1 aliphatic rings. The van der Waals surface area contributed by atoms with Crippen molar-refractivity contribution >= 4 is 0 Å². The number of ether oxygens (including phenoxy) is 1. The molecular weight excluding hydrogens is 564 g/mol. The SMILES string of the molecule is CC(C)(C)N1CCC(COCc2cc(-c3ccc(C#N)cc3)cc(C(F)(F)F)c2)(c2ccc(F)cc2-c2ccccc2)CC1. The standard InChI is InChI=1S/C37H36F4N2O/c1-35(2,3)43-17-15-36(16-18-43,34-14-13-32(38)22-33(34)29-7-5-4-6-8-29)25-44-24-27-19-30(21-31(20-27)37(39,40)41)28-11-9-26(23-42)10-12-28/h4-14,19-22H,15-18,24-25H2,1-3H3. The minimum atomic E-state index is -4.53. The summed E-state index contributed by atoms with van der Waals surface area (Å²) < 4.78 is 62.7. The van der Waals surface area contributed by atoms with Crippen LogP contribution in [0.5, 0.6) is 0 Å². The van der Waals surface area contributed by atoms with Crippen molar-refractivity contribution in [3.63, 3.8) is 0 Å². The normalized spacial score (nSPS) is 15.6. The maximum atomic E-state index is 14.6. The summed E-state index contributed by atoms with van der Waals surface area (Å²) in [5.41, 5.74) is 3.30. The topological polar surface area (TPSA) is 36.3 Å². The van der Waals surface area contributed by atoms with Crippen molar-refractivity contribution in [2.45, 2.75) is 57.3 Å². The highest BCUT2D eigenvalue weighted by molar-refractivity contribution is 5.69. The van der Waals surface area contributed by atoms with Gasteiger partial charge in [0.2, 0.25) is 0 Å². The van der Waals surface area contributed by atoms with Gasteiger partial charge >= 0.3 is 6.18 Å². The lowest BCUT2D eigenvalue weighted by Gasteiger charge is -2.47. The lowest BCUT2D eigenvalue weighted by Crippen LogP contribution is -2.51. The first-order chi connectivity index (χ1) is 20.9. The maximum Gasteiger partial charge on any atom is 0.416 e. The molecule has 1 saturated heterocycles. The monoisotopic (exact) mass is 600 g/mol. The molecule has 0 amide bonds. The van der Waals surface area contributed by atoms with Crippen LogP contribution in [0, 0.1) is 17.1 Å². The summed E-state index contributed by atoms with van der Waals surface area (Å²) in [6.07, 6.45) is -3.01. The van der Waals surface area contributed by atoms with Crippen LogP contribution in [0.1, 0.15) is 55.9 Å². The number of hydrogen-bond donors (Lipinski definition) is 0. The predicted octanol–water partition coefficient (Wildman–Crippen LogP) is 9.40. The zero-order valence-corrected chi connectivity index (χ0v) is 25.2. The van der Waals surface area contributed by atoms with E-state index in [9.17, 15) is 17.6 Å². The Hall–Kier alpha value is -3.99. The number of likely N-dealkylation sites (tertiary alicyclic amines) is 1.